The van der Waals surface area contributed by atoms with Crippen LogP contribution in [0.15, 0.2) is 0 Å². The number of primary amides is 1. The second-order valence-corrected chi connectivity index (χ2v) is 4.60. The van der Waals surface area contributed by atoms with Crippen molar-refractivity contribution in [2.24, 2.45) is 16.9 Å². The topological polar surface area (TPSA) is 105 Å². The fourth-order valence-electron chi connectivity index (χ4n) is 2.77. The van der Waals surface area contributed by atoms with Crippen molar-refractivity contribution in [2.45, 2.75) is 51.5 Å². The Labute approximate surface area is 96.5 Å². The summed E-state index contributed by atoms with van der Waals surface area (Å²) in [6, 6.07) is -0.109. The van der Waals surface area contributed by atoms with Gasteiger partial charge in [-0.1, -0.05) is 26.2 Å². The molecule has 1 aliphatic carbocycles. The summed E-state index contributed by atoms with van der Waals surface area (Å²) in [6.45, 7) is 1.99. The largest absolute Gasteiger partial charge is 0.370 e. The van der Waals surface area contributed by atoms with E-state index in [1.165, 1.54) is 0 Å². The van der Waals surface area contributed by atoms with E-state index in [-0.39, 0.29) is 17.9 Å². The van der Waals surface area contributed by atoms with Gasteiger partial charge >= 0.3 is 0 Å². The van der Waals surface area contributed by atoms with Crippen LogP contribution in [0.3, 0.4) is 0 Å². The second kappa shape index (κ2) is 5.18. The van der Waals surface area contributed by atoms with Crippen LogP contribution < -0.4 is 16.8 Å². The molecule has 0 saturated heterocycles. The molecule has 0 aliphatic heterocycles. The van der Waals surface area contributed by atoms with Gasteiger partial charge in [-0.15, -0.1) is 0 Å². The van der Waals surface area contributed by atoms with Crippen LogP contribution in [0.2, 0.25) is 0 Å². The molecule has 0 radical (unpaired) electrons. The minimum absolute atomic E-state index is 0.0851. The van der Waals surface area contributed by atoms with E-state index in [0.717, 1.165) is 38.5 Å². The van der Waals surface area contributed by atoms with Crippen LogP contribution in [0.1, 0.15) is 45.4 Å². The summed E-state index contributed by atoms with van der Waals surface area (Å²) in [6.07, 6.45) is 5.58. The lowest BCUT2D eigenvalue weighted by Gasteiger charge is -2.41. The number of guanidine groups is 1. The number of nitrogens with two attached hydrogens (primary N) is 2. The fourth-order valence-corrected chi connectivity index (χ4v) is 2.77. The number of carbonyl (C=O) groups excluding carboxylic acids is 1. The maximum absolute atomic E-state index is 11.7. The van der Waals surface area contributed by atoms with Crippen molar-refractivity contribution in [3.05, 3.63) is 0 Å². The maximum atomic E-state index is 11.7. The summed E-state index contributed by atoms with van der Waals surface area (Å²) in [5.74, 6) is -0.342. The molecule has 1 saturated carbocycles. The zero-order chi connectivity index (χ0) is 12.2. The zero-order valence-corrected chi connectivity index (χ0v) is 9.88. The number of hydrogen-bond donors (Lipinski definition) is 4. The highest BCUT2D eigenvalue weighted by atomic mass is 16.1. The standard InChI is InChI=1S/C11H22N4O/c1-2-8(15-10(13)14)11(9(12)16)6-4-3-5-7-11/h8H,2-7H2,1H3,(H2,12,16)(H4,13,14,15). The van der Waals surface area contributed by atoms with Crippen molar-refractivity contribution in [3.63, 3.8) is 0 Å². The van der Waals surface area contributed by atoms with E-state index in [2.05, 4.69) is 5.32 Å². The van der Waals surface area contributed by atoms with Crippen molar-refractivity contribution < 1.29 is 4.79 Å². The lowest BCUT2D eigenvalue weighted by atomic mass is 9.67. The summed E-state index contributed by atoms with van der Waals surface area (Å²) in [5.41, 5.74) is 10.4. The molecule has 1 fully saturated rings. The van der Waals surface area contributed by atoms with Gasteiger partial charge in [0.05, 0.1) is 5.41 Å². The monoisotopic (exact) mass is 226 g/mol. The molecule has 6 N–H and O–H groups in total. The summed E-state index contributed by atoms with van der Waals surface area (Å²) in [5, 5.41) is 10.2. The molecule has 0 aromatic heterocycles. The molecule has 1 atom stereocenters. The smallest absolute Gasteiger partial charge is 0.225 e. The first kappa shape index (κ1) is 12.8. The normalized spacial score (nSPS) is 21.1. The Hall–Kier alpha value is -1.26. The summed E-state index contributed by atoms with van der Waals surface area (Å²) < 4.78 is 0. The maximum Gasteiger partial charge on any atom is 0.225 e. The Morgan fingerprint density at radius 3 is 2.31 bits per heavy atom. The van der Waals surface area contributed by atoms with E-state index in [1.54, 1.807) is 0 Å². The molecule has 16 heavy (non-hydrogen) atoms. The molecule has 1 rings (SSSR count). The first-order chi connectivity index (χ1) is 7.53. The number of carbonyl (C=O) groups is 1. The van der Waals surface area contributed by atoms with E-state index in [9.17, 15) is 4.79 Å². The number of amides is 1. The Morgan fingerprint density at radius 1 is 1.38 bits per heavy atom. The Balaban J connectivity index is 2.88. The van der Waals surface area contributed by atoms with Gasteiger partial charge in [-0.2, -0.15) is 0 Å². The first-order valence-electron chi connectivity index (χ1n) is 5.93. The molecule has 0 aromatic carbocycles. The van der Waals surface area contributed by atoms with Gasteiger partial charge in [-0.05, 0) is 19.3 Å². The summed E-state index contributed by atoms with van der Waals surface area (Å²) >= 11 is 0. The van der Waals surface area contributed by atoms with Crippen LogP contribution in [-0.2, 0) is 4.79 Å². The minimum atomic E-state index is -0.515. The van der Waals surface area contributed by atoms with Crippen LogP contribution in [0, 0.1) is 10.8 Å². The third-order valence-electron chi connectivity index (χ3n) is 3.64. The highest BCUT2D eigenvalue weighted by Gasteiger charge is 2.44. The molecule has 5 heteroatoms. The van der Waals surface area contributed by atoms with Crippen molar-refractivity contribution in [1.29, 1.82) is 5.41 Å². The summed E-state index contributed by atoms with van der Waals surface area (Å²) in [7, 11) is 0. The van der Waals surface area contributed by atoms with Gasteiger partial charge in [0.2, 0.25) is 5.91 Å². The minimum Gasteiger partial charge on any atom is -0.370 e. The molecule has 0 spiro atoms. The molecular weight excluding hydrogens is 204 g/mol. The first-order valence-corrected chi connectivity index (χ1v) is 5.93. The zero-order valence-electron chi connectivity index (χ0n) is 9.88. The molecule has 0 heterocycles. The van der Waals surface area contributed by atoms with Gasteiger partial charge in [0, 0.05) is 6.04 Å². The number of nitrogens with one attached hydrogen (secondary N) is 2. The second-order valence-electron chi connectivity index (χ2n) is 4.60. The van der Waals surface area contributed by atoms with Crippen molar-refractivity contribution in [1.82, 2.24) is 5.32 Å². The molecule has 1 aliphatic rings. The van der Waals surface area contributed by atoms with Crippen LogP contribution in [-0.4, -0.2) is 17.9 Å². The van der Waals surface area contributed by atoms with Crippen LogP contribution in [0.5, 0.6) is 0 Å². The van der Waals surface area contributed by atoms with Gasteiger partial charge in [-0.25, -0.2) is 0 Å². The van der Waals surface area contributed by atoms with Crippen molar-refractivity contribution >= 4 is 11.9 Å². The predicted octanol–water partition coefficient (Wildman–Crippen LogP) is 0.684. The van der Waals surface area contributed by atoms with E-state index >= 15 is 0 Å². The molecule has 1 amide bonds. The van der Waals surface area contributed by atoms with Crippen LogP contribution in [0.4, 0.5) is 0 Å². The van der Waals surface area contributed by atoms with E-state index in [0.29, 0.717) is 0 Å². The molecular formula is C11H22N4O. The average Bonchev–Trinajstić information content (AvgIpc) is 2.26. The van der Waals surface area contributed by atoms with Crippen molar-refractivity contribution in [2.75, 3.05) is 0 Å². The van der Waals surface area contributed by atoms with Gasteiger partial charge < -0.3 is 16.8 Å². The van der Waals surface area contributed by atoms with Gasteiger partial charge in [-0.3, -0.25) is 10.2 Å². The lowest BCUT2D eigenvalue weighted by molar-refractivity contribution is -0.131. The fraction of sp³-hybridized carbons (Fsp3) is 0.818. The van der Waals surface area contributed by atoms with Gasteiger partial charge in [0.25, 0.3) is 0 Å². The molecule has 92 valence electrons. The number of hydrogen-bond acceptors (Lipinski definition) is 2. The average molecular weight is 226 g/mol. The summed E-state index contributed by atoms with van der Waals surface area (Å²) in [4.78, 5) is 11.7. The predicted molar refractivity (Wildman–Crippen MR) is 63.8 cm³/mol. The lowest BCUT2D eigenvalue weighted by Crippen LogP contribution is -2.56. The molecule has 1 unspecified atom stereocenters. The Morgan fingerprint density at radius 2 is 1.94 bits per heavy atom. The van der Waals surface area contributed by atoms with Crippen LogP contribution in [0.25, 0.3) is 0 Å². The van der Waals surface area contributed by atoms with Crippen molar-refractivity contribution in [3.8, 4) is 0 Å². The molecule has 5 nitrogen and oxygen atoms in total. The third-order valence-corrected chi connectivity index (χ3v) is 3.64. The van der Waals surface area contributed by atoms with Gasteiger partial charge in [0.15, 0.2) is 5.96 Å². The Kier molecular flexibility index (Phi) is 4.15. The van der Waals surface area contributed by atoms with E-state index < -0.39 is 5.41 Å². The molecule has 0 bridgehead atoms. The third kappa shape index (κ3) is 2.46. The van der Waals surface area contributed by atoms with Gasteiger partial charge in [0.1, 0.15) is 0 Å². The SMILES string of the molecule is CCC(NC(=N)N)C1(C(N)=O)CCCCC1. The van der Waals surface area contributed by atoms with E-state index in [4.69, 9.17) is 16.9 Å². The highest BCUT2D eigenvalue weighted by Crippen LogP contribution is 2.40. The highest BCUT2D eigenvalue weighted by molar-refractivity contribution is 5.83. The van der Waals surface area contributed by atoms with E-state index in [1.807, 2.05) is 6.92 Å². The van der Waals surface area contributed by atoms with Crippen LogP contribution >= 0.6 is 0 Å². The Bertz CT molecular complexity index is 271. The number of rotatable bonds is 4. The quantitative estimate of drug-likeness (QED) is 0.418. The molecule has 0 aromatic rings.